The number of carbonyl (C=O) groups excluding carboxylic acids is 3. The molecule has 1 fully saturated rings. The van der Waals surface area contributed by atoms with E-state index < -0.39 is 17.6 Å². The smallest absolute Gasteiger partial charge is 0.408 e. The van der Waals surface area contributed by atoms with Crippen molar-refractivity contribution < 1.29 is 23.9 Å². The first-order valence-corrected chi connectivity index (χ1v) is 14.7. The molecule has 0 spiro atoms. The first-order chi connectivity index (χ1) is 19.3. The summed E-state index contributed by atoms with van der Waals surface area (Å²) in [5, 5.41) is 4.74. The Balaban J connectivity index is 1.45. The molecule has 40 heavy (non-hydrogen) atoms. The molecule has 1 aromatic heterocycles. The van der Waals surface area contributed by atoms with Gasteiger partial charge < -0.3 is 19.7 Å². The van der Waals surface area contributed by atoms with Crippen molar-refractivity contribution in [3.05, 3.63) is 82.6 Å². The highest BCUT2D eigenvalue weighted by molar-refractivity contribution is 7.09. The standard InChI is InChI=1S/C32H38N2O5S/c1-4-23(2)39-31(37)33-28(21-27-11-8-20-40-27)29(35)34-18-16-32(17-19-34,30(36)38-3)22-24-12-14-26(15-13-24)25-9-6-5-7-10-25/h5-15,20,23,28H,4,16-19,21-22H2,1-3H3,(H,33,37)/t23?,28-/m0/s1. The molecule has 0 radical (unpaired) electrons. The third-order valence-corrected chi connectivity index (χ3v) is 8.61. The Hall–Kier alpha value is -3.65. The number of benzene rings is 2. The molecule has 212 valence electrons. The number of methoxy groups -OCH3 is 1. The molecule has 2 amide bonds. The molecule has 2 heterocycles. The van der Waals surface area contributed by atoms with Crippen molar-refractivity contribution in [3.8, 4) is 11.1 Å². The van der Waals surface area contributed by atoms with E-state index in [2.05, 4.69) is 41.7 Å². The zero-order valence-corrected chi connectivity index (χ0v) is 24.2. The summed E-state index contributed by atoms with van der Waals surface area (Å²) >= 11 is 1.54. The number of piperidine rings is 1. The number of ether oxygens (including phenoxy) is 2. The largest absolute Gasteiger partial charge is 0.469 e. The summed E-state index contributed by atoms with van der Waals surface area (Å²) in [5.41, 5.74) is 2.59. The zero-order valence-electron chi connectivity index (χ0n) is 23.4. The van der Waals surface area contributed by atoms with Crippen LogP contribution in [0.4, 0.5) is 4.79 Å². The van der Waals surface area contributed by atoms with Crippen molar-refractivity contribution in [3.63, 3.8) is 0 Å². The van der Waals surface area contributed by atoms with Crippen molar-refractivity contribution >= 4 is 29.3 Å². The van der Waals surface area contributed by atoms with Gasteiger partial charge in [-0.15, -0.1) is 11.3 Å². The van der Waals surface area contributed by atoms with Crippen LogP contribution in [0.3, 0.4) is 0 Å². The second-order valence-corrected chi connectivity index (χ2v) is 11.5. The van der Waals surface area contributed by atoms with Crippen LogP contribution in [0.2, 0.25) is 0 Å². The highest BCUT2D eigenvalue weighted by atomic mass is 32.1. The molecule has 1 aliphatic heterocycles. The average Bonchev–Trinajstić information content (AvgIpc) is 3.50. The van der Waals surface area contributed by atoms with Crippen LogP contribution >= 0.6 is 11.3 Å². The Kier molecular flexibility index (Phi) is 9.98. The van der Waals surface area contributed by atoms with E-state index in [4.69, 9.17) is 9.47 Å². The Bertz CT molecular complexity index is 1250. The summed E-state index contributed by atoms with van der Waals surface area (Å²) in [5.74, 6) is -0.419. The van der Waals surface area contributed by atoms with Gasteiger partial charge in [-0.2, -0.15) is 0 Å². The molecule has 2 aromatic carbocycles. The second-order valence-electron chi connectivity index (χ2n) is 10.4. The van der Waals surface area contributed by atoms with Crippen LogP contribution in [0, 0.1) is 5.41 Å². The number of carbonyl (C=O) groups is 3. The number of hydrogen-bond acceptors (Lipinski definition) is 6. The molecule has 2 atom stereocenters. The maximum Gasteiger partial charge on any atom is 0.408 e. The molecule has 8 heteroatoms. The lowest BCUT2D eigenvalue weighted by molar-refractivity contribution is -0.158. The molecule has 1 aliphatic rings. The fourth-order valence-corrected chi connectivity index (χ4v) is 5.91. The number of hydrogen-bond donors (Lipinski definition) is 1. The molecular weight excluding hydrogens is 524 g/mol. The predicted octanol–water partition coefficient (Wildman–Crippen LogP) is 5.88. The SMILES string of the molecule is CCC(C)OC(=O)N[C@@H](Cc1cccs1)C(=O)N1CCC(Cc2ccc(-c3ccccc3)cc2)(C(=O)OC)CC1. The number of nitrogens with one attached hydrogen (secondary N) is 1. The van der Waals surface area contributed by atoms with Gasteiger partial charge in [-0.05, 0) is 60.7 Å². The Labute approximate surface area is 240 Å². The third-order valence-electron chi connectivity index (χ3n) is 7.71. The number of thiophene rings is 1. The van der Waals surface area contributed by atoms with E-state index in [0.717, 1.165) is 21.6 Å². The molecule has 1 N–H and O–H groups in total. The van der Waals surface area contributed by atoms with E-state index in [1.54, 1.807) is 16.2 Å². The van der Waals surface area contributed by atoms with Crippen molar-refractivity contribution in [1.29, 1.82) is 0 Å². The summed E-state index contributed by atoms with van der Waals surface area (Å²) in [4.78, 5) is 42.0. The van der Waals surface area contributed by atoms with Gasteiger partial charge in [0.2, 0.25) is 5.91 Å². The number of nitrogens with zero attached hydrogens (tertiary/aromatic N) is 1. The quantitative estimate of drug-likeness (QED) is 0.312. The lowest BCUT2D eigenvalue weighted by atomic mass is 9.73. The van der Waals surface area contributed by atoms with Gasteiger partial charge in [-0.25, -0.2) is 4.79 Å². The van der Waals surface area contributed by atoms with E-state index >= 15 is 0 Å². The molecule has 0 bridgehead atoms. The molecule has 4 rings (SSSR count). The minimum Gasteiger partial charge on any atom is -0.469 e. The molecule has 7 nitrogen and oxygen atoms in total. The zero-order chi connectivity index (χ0) is 28.5. The topological polar surface area (TPSA) is 84.9 Å². The van der Waals surface area contributed by atoms with Crippen LogP contribution in [0.25, 0.3) is 11.1 Å². The minimum atomic E-state index is -0.744. The van der Waals surface area contributed by atoms with Gasteiger partial charge in [0.15, 0.2) is 0 Å². The summed E-state index contributed by atoms with van der Waals surface area (Å²) in [7, 11) is 1.42. The molecular formula is C32H38N2O5S. The maximum absolute atomic E-state index is 13.6. The van der Waals surface area contributed by atoms with Gasteiger partial charge >= 0.3 is 12.1 Å². The summed E-state index contributed by atoms with van der Waals surface area (Å²) in [6, 6.07) is 21.6. The highest BCUT2D eigenvalue weighted by Crippen LogP contribution is 2.37. The van der Waals surface area contributed by atoms with Crippen LogP contribution in [0.15, 0.2) is 72.1 Å². The Morgan fingerprint density at radius 3 is 2.25 bits per heavy atom. The first-order valence-electron chi connectivity index (χ1n) is 13.8. The van der Waals surface area contributed by atoms with Crippen LogP contribution in [0.1, 0.15) is 43.6 Å². The Morgan fingerprint density at radius 2 is 1.65 bits per heavy atom. The van der Waals surface area contributed by atoms with E-state index in [0.29, 0.717) is 45.2 Å². The van der Waals surface area contributed by atoms with Crippen LogP contribution in [-0.4, -0.2) is 55.2 Å². The van der Waals surface area contributed by atoms with Gasteiger partial charge in [0.25, 0.3) is 0 Å². The van der Waals surface area contributed by atoms with Crippen LogP contribution < -0.4 is 5.32 Å². The number of rotatable bonds is 10. The third kappa shape index (κ3) is 7.30. The van der Waals surface area contributed by atoms with Gasteiger partial charge in [0, 0.05) is 24.4 Å². The van der Waals surface area contributed by atoms with Crippen LogP contribution in [0.5, 0.6) is 0 Å². The maximum atomic E-state index is 13.6. The van der Waals surface area contributed by atoms with E-state index in [-0.39, 0.29) is 18.0 Å². The normalized spacial score (nSPS) is 16.0. The van der Waals surface area contributed by atoms with Gasteiger partial charge in [-0.1, -0.05) is 67.6 Å². The van der Waals surface area contributed by atoms with Crippen molar-refractivity contribution in [2.24, 2.45) is 5.41 Å². The van der Waals surface area contributed by atoms with E-state index in [1.165, 1.54) is 7.11 Å². The first kappa shape index (κ1) is 29.3. The lowest BCUT2D eigenvalue weighted by Gasteiger charge is -2.41. The number of esters is 1. The highest BCUT2D eigenvalue weighted by Gasteiger charge is 2.44. The molecule has 1 saturated heterocycles. The lowest BCUT2D eigenvalue weighted by Crippen LogP contribution is -2.54. The summed E-state index contributed by atoms with van der Waals surface area (Å²) in [6.07, 6.45) is 1.74. The molecule has 0 saturated carbocycles. The predicted molar refractivity (Wildman–Crippen MR) is 157 cm³/mol. The molecule has 1 unspecified atom stereocenters. The fraction of sp³-hybridized carbons (Fsp3) is 0.406. The Morgan fingerprint density at radius 1 is 0.975 bits per heavy atom. The van der Waals surface area contributed by atoms with Gasteiger partial charge in [0.1, 0.15) is 12.1 Å². The number of amides is 2. The fourth-order valence-electron chi connectivity index (χ4n) is 5.15. The van der Waals surface area contributed by atoms with Crippen molar-refractivity contribution in [2.75, 3.05) is 20.2 Å². The van der Waals surface area contributed by atoms with Crippen molar-refractivity contribution in [2.45, 2.75) is 58.1 Å². The van der Waals surface area contributed by atoms with Gasteiger partial charge in [0.05, 0.1) is 12.5 Å². The average molecular weight is 563 g/mol. The van der Waals surface area contributed by atoms with E-state index in [9.17, 15) is 14.4 Å². The summed E-state index contributed by atoms with van der Waals surface area (Å²) < 4.78 is 10.6. The number of alkyl carbamates (subject to hydrolysis) is 1. The van der Waals surface area contributed by atoms with Gasteiger partial charge in [-0.3, -0.25) is 9.59 Å². The number of likely N-dealkylation sites (tertiary alicyclic amines) is 1. The van der Waals surface area contributed by atoms with Crippen LogP contribution in [-0.2, 0) is 31.9 Å². The molecule has 3 aromatic rings. The second kappa shape index (κ2) is 13.6. The minimum absolute atomic E-state index is 0.166. The van der Waals surface area contributed by atoms with E-state index in [1.807, 2.05) is 49.6 Å². The molecule has 0 aliphatic carbocycles. The monoisotopic (exact) mass is 562 g/mol. The van der Waals surface area contributed by atoms with Crippen molar-refractivity contribution in [1.82, 2.24) is 10.2 Å². The summed E-state index contributed by atoms with van der Waals surface area (Å²) in [6.45, 7) is 4.56.